The Labute approximate surface area is 179 Å². The van der Waals surface area contributed by atoms with Crippen LogP contribution in [0.1, 0.15) is 16.2 Å². The number of rotatable bonds is 3. The van der Waals surface area contributed by atoms with Crippen molar-refractivity contribution in [1.82, 2.24) is 19.5 Å². The van der Waals surface area contributed by atoms with Crippen molar-refractivity contribution in [3.05, 3.63) is 83.8 Å². The molecule has 2 N–H and O–H groups in total. The molecule has 9 heteroatoms. The van der Waals surface area contributed by atoms with Gasteiger partial charge >= 0.3 is 0 Å². The molecule has 0 bridgehead atoms. The minimum atomic E-state index is -1.27. The number of aromatic nitrogens is 4. The number of hydrogen-bond donors (Lipinski definition) is 1. The van der Waals surface area contributed by atoms with Crippen molar-refractivity contribution >= 4 is 27.8 Å². The highest BCUT2D eigenvalue weighted by molar-refractivity contribution is 6.07. The number of pyridine rings is 2. The number of nitrogens with two attached hydrogens (primary N) is 1. The van der Waals surface area contributed by atoms with Crippen molar-refractivity contribution in [3.63, 3.8) is 0 Å². The van der Waals surface area contributed by atoms with Gasteiger partial charge < -0.3 is 5.73 Å². The van der Waals surface area contributed by atoms with E-state index in [0.29, 0.717) is 22.5 Å². The lowest BCUT2D eigenvalue weighted by molar-refractivity contribution is 0.100. The van der Waals surface area contributed by atoms with Gasteiger partial charge in [-0.3, -0.25) is 14.3 Å². The SMILES string of the molecule is Cc1nc2c(C(N)=O)cc(-c3ccnc(F)c3F)cc2n1-c1ccnc2cccc(F)c12. The first-order valence-electron chi connectivity index (χ1n) is 9.53. The highest BCUT2D eigenvalue weighted by Gasteiger charge is 2.21. The molecule has 3 aromatic heterocycles. The topological polar surface area (TPSA) is 86.7 Å². The van der Waals surface area contributed by atoms with E-state index < -0.39 is 23.5 Å². The number of primary amides is 1. The summed E-state index contributed by atoms with van der Waals surface area (Å²) in [4.78, 5) is 24.2. The van der Waals surface area contributed by atoms with E-state index in [1.165, 1.54) is 24.4 Å². The summed E-state index contributed by atoms with van der Waals surface area (Å²) in [6, 6.07) is 10.3. The lowest BCUT2D eigenvalue weighted by Crippen LogP contribution is -2.12. The van der Waals surface area contributed by atoms with E-state index in [0.717, 1.165) is 6.20 Å². The van der Waals surface area contributed by atoms with Gasteiger partial charge in [0.05, 0.1) is 27.7 Å². The van der Waals surface area contributed by atoms with Crippen molar-refractivity contribution in [3.8, 4) is 16.8 Å². The van der Waals surface area contributed by atoms with Crippen LogP contribution in [0.5, 0.6) is 0 Å². The third-order valence-electron chi connectivity index (χ3n) is 5.29. The van der Waals surface area contributed by atoms with Crippen molar-refractivity contribution < 1.29 is 18.0 Å². The van der Waals surface area contributed by atoms with Crippen LogP contribution in [0.15, 0.2) is 54.9 Å². The maximum Gasteiger partial charge on any atom is 0.250 e. The van der Waals surface area contributed by atoms with Crippen LogP contribution in [-0.2, 0) is 0 Å². The monoisotopic (exact) mass is 433 g/mol. The van der Waals surface area contributed by atoms with Crippen LogP contribution in [0, 0.1) is 24.5 Å². The Hall–Kier alpha value is -4.27. The average Bonchev–Trinajstić information content (AvgIpc) is 3.10. The summed E-state index contributed by atoms with van der Waals surface area (Å²) in [7, 11) is 0. The zero-order chi connectivity index (χ0) is 22.6. The Morgan fingerprint density at radius 3 is 2.59 bits per heavy atom. The summed E-state index contributed by atoms with van der Waals surface area (Å²) in [5, 5.41) is 0.254. The van der Waals surface area contributed by atoms with Crippen LogP contribution in [0.3, 0.4) is 0 Å². The molecular formula is C23H14F3N5O. The Kier molecular flexibility index (Phi) is 4.40. The van der Waals surface area contributed by atoms with E-state index >= 15 is 0 Å². The molecule has 0 radical (unpaired) electrons. The van der Waals surface area contributed by atoms with Gasteiger partial charge in [0.15, 0.2) is 5.82 Å². The highest BCUT2D eigenvalue weighted by atomic mass is 19.2. The number of imidazole rings is 1. The van der Waals surface area contributed by atoms with Gasteiger partial charge in [-0.25, -0.2) is 18.7 Å². The predicted octanol–water partition coefficient (Wildman–Crippen LogP) is 4.46. The number of hydrogen-bond acceptors (Lipinski definition) is 4. The minimum absolute atomic E-state index is 0.0230. The van der Waals surface area contributed by atoms with Crippen LogP contribution < -0.4 is 5.73 Å². The number of fused-ring (bicyclic) bond motifs is 2. The highest BCUT2D eigenvalue weighted by Crippen LogP contribution is 2.33. The summed E-state index contributed by atoms with van der Waals surface area (Å²) >= 11 is 0. The molecule has 0 saturated carbocycles. The van der Waals surface area contributed by atoms with Crippen LogP contribution in [0.25, 0.3) is 38.8 Å². The molecule has 32 heavy (non-hydrogen) atoms. The third kappa shape index (κ3) is 2.89. The van der Waals surface area contributed by atoms with Gasteiger partial charge in [0.2, 0.25) is 5.95 Å². The molecule has 0 aliphatic carbocycles. The molecule has 3 heterocycles. The summed E-state index contributed by atoms with van der Waals surface area (Å²) in [5.74, 6) is -3.26. The molecule has 0 fully saturated rings. The molecule has 5 rings (SSSR count). The second-order valence-electron chi connectivity index (χ2n) is 7.18. The number of carbonyl (C=O) groups excluding carboxylic acids is 1. The summed E-state index contributed by atoms with van der Waals surface area (Å²) in [6.45, 7) is 1.68. The normalized spacial score (nSPS) is 11.4. The van der Waals surface area contributed by atoms with Crippen LogP contribution in [0.2, 0.25) is 0 Å². The average molecular weight is 433 g/mol. The second-order valence-corrected chi connectivity index (χ2v) is 7.18. The molecule has 2 aromatic carbocycles. The van der Waals surface area contributed by atoms with Crippen molar-refractivity contribution in [2.75, 3.05) is 0 Å². The van der Waals surface area contributed by atoms with Crippen molar-refractivity contribution in [2.24, 2.45) is 5.73 Å². The summed E-state index contributed by atoms with van der Waals surface area (Å²) in [5.41, 5.74) is 7.19. The van der Waals surface area contributed by atoms with E-state index in [1.54, 1.807) is 35.8 Å². The van der Waals surface area contributed by atoms with Crippen molar-refractivity contribution in [2.45, 2.75) is 6.92 Å². The minimum Gasteiger partial charge on any atom is -0.366 e. The zero-order valence-corrected chi connectivity index (χ0v) is 16.6. The Bertz CT molecular complexity index is 1560. The number of halogens is 3. The fraction of sp³-hybridized carbons (Fsp3) is 0.0435. The Balaban J connectivity index is 1.91. The molecule has 0 aliphatic rings. The molecule has 0 saturated heterocycles. The van der Waals surface area contributed by atoms with E-state index in [4.69, 9.17) is 5.73 Å². The van der Waals surface area contributed by atoms with Crippen LogP contribution in [-0.4, -0.2) is 25.4 Å². The Morgan fingerprint density at radius 2 is 1.81 bits per heavy atom. The summed E-state index contributed by atoms with van der Waals surface area (Å²) in [6.07, 6.45) is 2.65. The third-order valence-corrected chi connectivity index (χ3v) is 5.29. The number of carbonyl (C=O) groups is 1. The predicted molar refractivity (Wildman–Crippen MR) is 113 cm³/mol. The fourth-order valence-electron chi connectivity index (χ4n) is 3.91. The van der Waals surface area contributed by atoms with Gasteiger partial charge in [-0.15, -0.1) is 0 Å². The molecule has 0 unspecified atom stereocenters. The lowest BCUT2D eigenvalue weighted by Gasteiger charge is -2.12. The molecule has 0 aliphatic heterocycles. The first kappa shape index (κ1) is 19.7. The maximum absolute atomic E-state index is 14.8. The van der Waals surface area contributed by atoms with E-state index in [2.05, 4.69) is 15.0 Å². The smallest absolute Gasteiger partial charge is 0.250 e. The lowest BCUT2D eigenvalue weighted by atomic mass is 10.0. The van der Waals surface area contributed by atoms with Gasteiger partial charge in [-0.1, -0.05) is 6.07 Å². The van der Waals surface area contributed by atoms with E-state index in [1.807, 2.05) is 0 Å². The molecule has 5 aromatic rings. The Morgan fingerprint density at radius 1 is 1.03 bits per heavy atom. The maximum atomic E-state index is 14.8. The van der Waals surface area contributed by atoms with Gasteiger partial charge in [-0.05, 0) is 48.9 Å². The van der Waals surface area contributed by atoms with Crippen LogP contribution >= 0.6 is 0 Å². The number of benzene rings is 2. The fourth-order valence-corrected chi connectivity index (χ4v) is 3.91. The molecule has 1 amide bonds. The number of nitrogens with zero attached hydrogens (tertiary/aromatic N) is 4. The van der Waals surface area contributed by atoms with Gasteiger partial charge in [0, 0.05) is 18.0 Å². The number of aryl methyl sites for hydroxylation is 1. The zero-order valence-electron chi connectivity index (χ0n) is 16.6. The first-order chi connectivity index (χ1) is 15.4. The second kappa shape index (κ2) is 7.16. The molecule has 158 valence electrons. The standard InChI is InChI=1S/C23H14F3N5O/c1-11-30-21-14(23(27)32)9-12(13-5-7-29-22(26)20(13)25)10-18(21)31(11)17-6-8-28-16-4-2-3-15(24)19(16)17/h2-10H,1H3,(H2,27,32). The van der Waals surface area contributed by atoms with Crippen molar-refractivity contribution in [1.29, 1.82) is 0 Å². The first-order valence-corrected chi connectivity index (χ1v) is 9.53. The van der Waals surface area contributed by atoms with E-state index in [-0.39, 0.29) is 27.6 Å². The molecule has 0 spiro atoms. The summed E-state index contributed by atoms with van der Waals surface area (Å²) < 4.78 is 44.6. The molecular weight excluding hydrogens is 419 g/mol. The van der Waals surface area contributed by atoms with Gasteiger partial charge in [-0.2, -0.15) is 4.39 Å². The van der Waals surface area contributed by atoms with Crippen LogP contribution in [0.4, 0.5) is 13.2 Å². The molecule has 0 atom stereocenters. The quantitative estimate of drug-likeness (QED) is 0.426. The molecule has 6 nitrogen and oxygen atoms in total. The van der Waals surface area contributed by atoms with Gasteiger partial charge in [0.25, 0.3) is 5.91 Å². The number of amides is 1. The van der Waals surface area contributed by atoms with E-state index in [9.17, 15) is 18.0 Å². The largest absolute Gasteiger partial charge is 0.366 e. The van der Waals surface area contributed by atoms with Gasteiger partial charge in [0.1, 0.15) is 17.2 Å².